The van der Waals surface area contributed by atoms with Crippen molar-refractivity contribution in [2.45, 2.75) is 26.2 Å². The van der Waals surface area contributed by atoms with Crippen LogP contribution in [0.1, 0.15) is 50.9 Å². The Morgan fingerprint density at radius 1 is 1.14 bits per heavy atom. The number of halogens is 3. The number of benzene rings is 1. The molecular formula is C21H17Cl2FN2O2. The highest BCUT2D eigenvalue weighted by molar-refractivity contribution is 6.37. The SMILES string of the molecule is CCCc1ccncc1CC(=O)c1cc(C(=O)c2c(Cl)ccc(Cl)c2F)c[nH]1. The van der Waals surface area contributed by atoms with E-state index < -0.39 is 11.6 Å². The smallest absolute Gasteiger partial charge is 0.199 e. The first-order chi connectivity index (χ1) is 13.4. The molecule has 2 aromatic heterocycles. The van der Waals surface area contributed by atoms with Gasteiger partial charge in [0.2, 0.25) is 0 Å². The van der Waals surface area contributed by atoms with Gasteiger partial charge in [0.25, 0.3) is 0 Å². The summed E-state index contributed by atoms with van der Waals surface area (Å²) in [5, 5.41) is -0.236. The molecule has 1 aromatic carbocycles. The van der Waals surface area contributed by atoms with Gasteiger partial charge in [0.05, 0.1) is 21.3 Å². The summed E-state index contributed by atoms with van der Waals surface area (Å²) in [6.45, 7) is 2.06. The molecule has 2 heterocycles. The van der Waals surface area contributed by atoms with E-state index in [1.807, 2.05) is 6.07 Å². The van der Waals surface area contributed by atoms with Crippen LogP contribution in [0.25, 0.3) is 0 Å². The van der Waals surface area contributed by atoms with E-state index in [4.69, 9.17) is 23.2 Å². The minimum absolute atomic E-state index is 0.0412. The summed E-state index contributed by atoms with van der Waals surface area (Å²) in [6.07, 6.45) is 6.71. The molecule has 0 bridgehead atoms. The fraction of sp³-hybridized carbons (Fsp3) is 0.190. The van der Waals surface area contributed by atoms with Crippen LogP contribution in [0, 0.1) is 5.82 Å². The molecule has 0 spiro atoms. The predicted molar refractivity (Wildman–Crippen MR) is 107 cm³/mol. The van der Waals surface area contributed by atoms with Gasteiger partial charge in [-0.05, 0) is 41.8 Å². The normalized spacial score (nSPS) is 10.9. The monoisotopic (exact) mass is 418 g/mol. The number of nitrogens with one attached hydrogen (secondary N) is 1. The van der Waals surface area contributed by atoms with Crippen molar-refractivity contribution in [3.05, 3.63) is 86.7 Å². The third kappa shape index (κ3) is 4.16. The average Bonchev–Trinajstić information content (AvgIpc) is 3.17. The van der Waals surface area contributed by atoms with E-state index in [0.29, 0.717) is 0 Å². The van der Waals surface area contributed by atoms with Crippen LogP contribution in [-0.4, -0.2) is 21.5 Å². The number of carbonyl (C=O) groups excluding carboxylic acids is 2. The third-order valence-electron chi connectivity index (χ3n) is 4.39. The molecule has 0 aliphatic heterocycles. The van der Waals surface area contributed by atoms with Crippen molar-refractivity contribution < 1.29 is 14.0 Å². The van der Waals surface area contributed by atoms with Crippen LogP contribution in [0.3, 0.4) is 0 Å². The lowest BCUT2D eigenvalue weighted by Crippen LogP contribution is -2.07. The highest BCUT2D eigenvalue weighted by Gasteiger charge is 2.22. The minimum Gasteiger partial charge on any atom is -0.358 e. The standard InChI is InChI=1S/C21H17Cl2FN2O2/c1-2-3-12-6-7-25-10-13(12)9-18(27)17-8-14(11-26-17)21(28)19-15(22)4-5-16(23)20(19)24/h4-8,10-11,26H,2-3,9H2,1H3. The Kier molecular flexibility index (Phi) is 6.27. The zero-order chi connectivity index (χ0) is 20.3. The second-order valence-corrected chi connectivity index (χ2v) is 7.16. The zero-order valence-corrected chi connectivity index (χ0v) is 16.6. The highest BCUT2D eigenvalue weighted by Crippen LogP contribution is 2.28. The summed E-state index contributed by atoms with van der Waals surface area (Å²) in [5.74, 6) is -1.72. The van der Waals surface area contributed by atoms with Crippen molar-refractivity contribution in [1.82, 2.24) is 9.97 Å². The van der Waals surface area contributed by atoms with Crippen molar-refractivity contribution in [2.75, 3.05) is 0 Å². The van der Waals surface area contributed by atoms with Crippen molar-refractivity contribution in [1.29, 1.82) is 0 Å². The molecule has 1 N–H and O–H groups in total. The van der Waals surface area contributed by atoms with Crippen molar-refractivity contribution in [3.8, 4) is 0 Å². The number of rotatable bonds is 7. The Bertz CT molecular complexity index is 1050. The van der Waals surface area contributed by atoms with Gasteiger partial charge in [0.1, 0.15) is 0 Å². The first-order valence-corrected chi connectivity index (χ1v) is 9.49. The molecule has 0 amide bonds. The number of pyridine rings is 1. The van der Waals surface area contributed by atoms with Crippen molar-refractivity contribution in [3.63, 3.8) is 0 Å². The lowest BCUT2D eigenvalue weighted by molar-refractivity contribution is 0.0988. The van der Waals surface area contributed by atoms with Gasteiger partial charge >= 0.3 is 0 Å². The van der Waals surface area contributed by atoms with Gasteiger partial charge in [-0.15, -0.1) is 0 Å². The fourth-order valence-electron chi connectivity index (χ4n) is 2.96. The average molecular weight is 419 g/mol. The largest absolute Gasteiger partial charge is 0.358 e. The Balaban J connectivity index is 1.84. The summed E-state index contributed by atoms with van der Waals surface area (Å²) in [5.41, 5.74) is 1.99. The molecule has 0 radical (unpaired) electrons. The summed E-state index contributed by atoms with van der Waals surface area (Å²) < 4.78 is 14.2. The van der Waals surface area contributed by atoms with Gasteiger partial charge in [0.15, 0.2) is 17.4 Å². The summed E-state index contributed by atoms with van der Waals surface area (Å²) >= 11 is 11.7. The Morgan fingerprint density at radius 2 is 1.89 bits per heavy atom. The van der Waals surface area contributed by atoms with Crippen LogP contribution in [0.15, 0.2) is 42.9 Å². The van der Waals surface area contributed by atoms with E-state index in [1.54, 1.807) is 12.4 Å². The Hall–Kier alpha value is -2.50. The van der Waals surface area contributed by atoms with Gasteiger partial charge < -0.3 is 4.98 Å². The summed E-state index contributed by atoms with van der Waals surface area (Å²) in [6, 6.07) is 5.94. The summed E-state index contributed by atoms with van der Waals surface area (Å²) in [7, 11) is 0. The van der Waals surface area contributed by atoms with Gasteiger partial charge in [-0.3, -0.25) is 14.6 Å². The molecule has 7 heteroatoms. The fourth-order valence-corrected chi connectivity index (χ4v) is 3.35. The van der Waals surface area contributed by atoms with E-state index in [-0.39, 0.29) is 39.1 Å². The Labute approximate surface area is 171 Å². The number of hydrogen-bond acceptors (Lipinski definition) is 3. The maximum absolute atomic E-state index is 14.2. The number of aryl methyl sites for hydroxylation is 1. The first-order valence-electron chi connectivity index (χ1n) is 8.74. The zero-order valence-electron chi connectivity index (χ0n) is 15.1. The molecule has 3 aromatic rings. The maximum Gasteiger partial charge on any atom is 0.199 e. The van der Waals surface area contributed by atoms with E-state index in [2.05, 4.69) is 16.9 Å². The number of carbonyl (C=O) groups is 2. The van der Waals surface area contributed by atoms with E-state index >= 15 is 0 Å². The molecule has 0 saturated heterocycles. The molecule has 3 rings (SSSR count). The molecule has 4 nitrogen and oxygen atoms in total. The molecule has 144 valence electrons. The van der Waals surface area contributed by atoms with Crippen LogP contribution < -0.4 is 0 Å². The lowest BCUT2D eigenvalue weighted by atomic mass is 10.00. The van der Waals surface area contributed by atoms with Crippen LogP contribution in [0.4, 0.5) is 4.39 Å². The molecule has 28 heavy (non-hydrogen) atoms. The molecule has 0 saturated carbocycles. The number of ketones is 2. The van der Waals surface area contributed by atoms with Crippen LogP contribution >= 0.6 is 23.2 Å². The van der Waals surface area contributed by atoms with Crippen LogP contribution in [-0.2, 0) is 12.8 Å². The van der Waals surface area contributed by atoms with E-state index in [9.17, 15) is 14.0 Å². The number of Topliss-reactive ketones (excluding diaryl/α,β-unsaturated/α-hetero) is 1. The molecule has 0 unspecified atom stereocenters. The van der Waals surface area contributed by atoms with Crippen LogP contribution in [0.5, 0.6) is 0 Å². The third-order valence-corrected chi connectivity index (χ3v) is 5.00. The van der Waals surface area contributed by atoms with Gasteiger partial charge in [0, 0.05) is 30.6 Å². The topological polar surface area (TPSA) is 62.8 Å². The molecule has 0 atom stereocenters. The van der Waals surface area contributed by atoms with Crippen LogP contribution in [0.2, 0.25) is 10.0 Å². The predicted octanol–water partition coefficient (Wildman–Crippen LogP) is 5.46. The Morgan fingerprint density at radius 3 is 2.64 bits per heavy atom. The highest BCUT2D eigenvalue weighted by atomic mass is 35.5. The quantitative estimate of drug-likeness (QED) is 0.408. The number of aromatic nitrogens is 2. The number of aromatic amines is 1. The first kappa shape index (κ1) is 20.2. The molecule has 0 aliphatic carbocycles. The summed E-state index contributed by atoms with van der Waals surface area (Å²) in [4.78, 5) is 32.2. The lowest BCUT2D eigenvalue weighted by Gasteiger charge is -2.06. The van der Waals surface area contributed by atoms with E-state index in [0.717, 1.165) is 24.0 Å². The number of nitrogens with zero attached hydrogens (tertiary/aromatic N) is 1. The second-order valence-electron chi connectivity index (χ2n) is 6.34. The van der Waals surface area contributed by atoms with Gasteiger partial charge in [-0.25, -0.2) is 4.39 Å². The second kappa shape index (κ2) is 8.67. The number of hydrogen-bond donors (Lipinski definition) is 1. The molecule has 0 fully saturated rings. The van der Waals surface area contributed by atoms with Crippen molar-refractivity contribution in [2.24, 2.45) is 0 Å². The van der Waals surface area contributed by atoms with Gasteiger partial charge in [-0.1, -0.05) is 36.5 Å². The minimum atomic E-state index is -0.882. The molecular weight excluding hydrogens is 402 g/mol. The van der Waals surface area contributed by atoms with Gasteiger partial charge in [-0.2, -0.15) is 0 Å². The maximum atomic E-state index is 14.2. The molecule has 0 aliphatic rings. The number of H-pyrrole nitrogens is 1. The van der Waals surface area contributed by atoms with E-state index in [1.165, 1.54) is 24.4 Å². The van der Waals surface area contributed by atoms with Crippen molar-refractivity contribution >= 4 is 34.8 Å².